The first-order valence-corrected chi connectivity index (χ1v) is 5.05. The van der Waals surface area contributed by atoms with Crippen molar-refractivity contribution in [1.82, 2.24) is 0 Å². The number of benzene rings is 1. The average molecular weight is 214 g/mol. The van der Waals surface area contributed by atoms with Crippen LogP contribution in [0.3, 0.4) is 0 Å². The lowest BCUT2D eigenvalue weighted by Gasteiger charge is -2.16. The van der Waals surface area contributed by atoms with Crippen LogP contribution in [-0.4, -0.2) is 13.2 Å². The summed E-state index contributed by atoms with van der Waals surface area (Å²) in [5, 5.41) is 0.725. The summed E-state index contributed by atoms with van der Waals surface area (Å²) in [6.45, 7) is 2.00. The molecule has 0 aliphatic heterocycles. The molecule has 1 aromatic carbocycles. The second kappa shape index (κ2) is 5.35. The lowest BCUT2D eigenvalue weighted by molar-refractivity contribution is 0.104. The van der Waals surface area contributed by atoms with Crippen molar-refractivity contribution in [2.45, 2.75) is 25.5 Å². The molecule has 78 valence electrons. The summed E-state index contributed by atoms with van der Waals surface area (Å²) < 4.78 is 5.16. The van der Waals surface area contributed by atoms with Gasteiger partial charge in [-0.1, -0.05) is 23.7 Å². The van der Waals surface area contributed by atoms with Gasteiger partial charge in [0.15, 0.2) is 0 Å². The fourth-order valence-electron chi connectivity index (χ4n) is 1.33. The third-order valence-electron chi connectivity index (χ3n) is 2.27. The van der Waals surface area contributed by atoms with Crippen LogP contribution in [0.15, 0.2) is 24.3 Å². The van der Waals surface area contributed by atoms with Crippen molar-refractivity contribution in [1.29, 1.82) is 0 Å². The van der Waals surface area contributed by atoms with Crippen LogP contribution >= 0.6 is 11.6 Å². The van der Waals surface area contributed by atoms with Crippen LogP contribution in [0.5, 0.6) is 0 Å². The topological polar surface area (TPSA) is 35.2 Å². The van der Waals surface area contributed by atoms with Crippen molar-refractivity contribution in [2.24, 2.45) is 5.73 Å². The van der Waals surface area contributed by atoms with Gasteiger partial charge in [0.05, 0.1) is 6.10 Å². The van der Waals surface area contributed by atoms with Gasteiger partial charge in [0.2, 0.25) is 0 Å². The first-order chi connectivity index (χ1) is 6.63. The molecule has 1 aromatic rings. The fraction of sp³-hybridized carbons (Fsp3) is 0.455. The Morgan fingerprint density at radius 1 is 1.50 bits per heavy atom. The third-order valence-corrected chi connectivity index (χ3v) is 2.50. The Labute approximate surface area is 90.0 Å². The van der Waals surface area contributed by atoms with E-state index in [1.807, 2.05) is 31.2 Å². The first kappa shape index (κ1) is 11.5. The van der Waals surface area contributed by atoms with Crippen LogP contribution in [0.4, 0.5) is 0 Å². The van der Waals surface area contributed by atoms with Gasteiger partial charge in [0.25, 0.3) is 0 Å². The van der Waals surface area contributed by atoms with Gasteiger partial charge in [-0.3, -0.25) is 0 Å². The molecular formula is C11H16ClNO. The van der Waals surface area contributed by atoms with Crippen LogP contribution in [0, 0.1) is 0 Å². The molecular weight excluding hydrogens is 198 g/mol. The molecule has 0 aromatic heterocycles. The maximum Gasteiger partial charge on any atom is 0.0561 e. The van der Waals surface area contributed by atoms with Crippen LogP contribution in [-0.2, 0) is 4.74 Å². The van der Waals surface area contributed by atoms with E-state index in [4.69, 9.17) is 22.1 Å². The molecule has 3 heteroatoms. The Morgan fingerprint density at radius 2 is 2.21 bits per heavy atom. The summed E-state index contributed by atoms with van der Waals surface area (Å²) in [4.78, 5) is 0. The van der Waals surface area contributed by atoms with Gasteiger partial charge in [0.1, 0.15) is 0 Å². The number of halogens is 1. The monoisotopic (exact) mass is 213 g/mol. The quantitative estimate of drug-likeness (QED) is 0.835. The molecule has 0 saturated heterocycles. The number of ether oxygens (including phenoxy) is 1. The van der Waals surface area contributed by atoms with Gasteiger partial charge in [0, 0.05) is 18.2 Å². The molecule has 0 amide bonds. The Morgan fingerprint density at radius 3 is 2.79 bits per heavy atom. The highest BCUT2D eigenvalue weighted by atomic mass is 35.5. The number of nitrogens with two attached hydrogens (primary N) is 1. The van der Waals surface area contributed by atoms with Gasteiger partial charge in [-0.05, 0) is 31.0 Å². The largest absolute Gasteiger partial charge is 0.382 e. The fourth-order valence-corrected chi connectivity index (χ4v) is 1.53. The number of hydrogen-bond donors (Lipinski definition) is 1. The van der Waals surface area contributed by atoms with Crippen molar-refractivity contribution in [3.8, 4) is 0 Å². The standard InChI is InChI=1S/C11H16ClNO/c1-8(14-2)6-11(13)9-4-3-5-10(12)7-9/h3-5,7-8,11H,6,13H2,1-2H3. The molecule has 2 N–H and O–H groups in total. The minimum atomic E-state index is -0.0105. The maximum absolute atomic E-state index is 6.00. The van der Waals surface area contributed by atoms with Gasteiger partial charge in [-0.15, -0.1) is 0 Å². The Kier molecular flexibility index (Phi) is 4.39. The second-order valence-corrected chi connectivity index (χ2v) is 3.88. The summed E-state index contributed by atoms with van der Waals surface area (Å²) in [6.07, 6.45) is 0.973. The zero-order valence-corrected chi connectivity index (χ0v) is 9.29. The van der Waals surface area contributed by atoms with Crippen LogP contribution < -0.4 is 5.73 Å². The molecule has 0 aliphatic rings. The molecule has 0 heterocycles. The summed E-state index contributed by atoms with van der Waals surface area (Å²) in [7, 11) is 1.69. The molecule has 2 nitrogen and oxygen atoms in total. The zero-order valence-electron chi connectivity index (χ0n) is 8.53. The minimum absolute atomic E-state index is 0.0105. The van der Waals surface area contributed by atoms with Gasteiger partial charge in [-0.25, -0.2) is 0 Å². The average Bonchev–Trinajstić information content (AvgIpc) is 2.17. The Hall–Kier alpha value is -0.570. The molecule has 0 spiro atoms. The highest BCUT2D eigenvalue weighted by Crippen LogP contribution is 2.20. The number of rotatable bonds is 4. The molecule has 0 saturated carbocycles. The van der Waals surface area contributed by atoms with E-state index in [1.165, 1.54) is 0 Å². The molecule has 2 atom stereocenters. The van der Waals surface area contributed by atoms with Crippen LogP contribution in [0.1, 0.15) is 24.9 Å². The highest BCUT2D eigenvalue weighted by molar-refractivity contribution is 6.30. The van der Waals surface area contributed by atoms with Crippen molar-refractivity contribution < 1.29 is 4.74 Å². The van der Waals surface area contributed by atoms with E-state index in [2.05, 4.69) is 0 Å². The molecule has 1 rings (SSSR count). The van der Waals surface area contributed by atoms with E-state index in [9.17, 15) is 0 Å². The predicted molar refractivity (Wildman–Crippen MR) is 59.5 cm³/mol. The van der Waals surface area contributed by atoms with Crippen molar-refractivity contribution >= 4 is 11.6 Å². The summed E-state index contributed by atoms with van der Waals surface area (Å²) in [6, 6.07) is 7.63. The Bertz CT molecular complexity index is 290. The molecule has 2 unspecified atom stereocenters. The third kappa shape index (κ3) is 3.29. The molecule has 0 bridgehead atoms. The lowest BCUT2D eigenvalue weighted by Crippen LogP contribution is -2.18. The first-order valence-electron chi connectivity index (χ1n) is 4.67. The maximum atomic E-state index is 6.00. The van der Waals surface area contributed by atoms with E-state index >= 15 is 0 Å². The van der Waals surface area contributed by atoms with E-state index in [-0.39, 0.29) is 12.1 Å². The van der Waals surface area contributed by atoms with E-state index in [0.29, 0.717) is 0 Å². The number of hydrogen-bond acceptors (Lipinski definition) is 2. The van der Waals surface area contributed by atoms with E-state index in [1.54, 1.807) is 7.11 Å². The van der Waals surface area contributed by atoms with Crippen LogP contribution in [0.2, 0.25) is 5.02 Å². The van der Waals surface area contributed by atoms with E-state index < -0.39 is 0 Å². The molecule has 0 fully saturated rings. The summed E-state index contributed by atoms with van der Waals surface area (Å²) in [5.41, 5.74) is 7.06. The Balaban J connectivity index is 2.64. The molecule has 0 aliphatic carbocycles. The normalized spacial score (nSPS) is 15.1. The second-order valence-electron chi connectivity index (χ2n) is 3.44. The van der Waals surface area contributed by atoms with Gasteiger partial charge in [-0.2, -0.15) is 0 Å². The van der Waals surface area contributed by atoms with Gasteiger partial charge >= 0.3 is 0 Å². The molecule has 14 heavy (non-hydrogen) atoms. The van der Waals surface area contributed by atoms with Crippen molar-refractivity contribution in [3.63, 3.8) is 0 Å². The molecule has 0 radical (unpaired) electrons. The zero-order chi connectivity index (χ0) is 10.6. The van der Waals surface area contributed by atoms with Crippen molar-refractivity contribution in [2.75, 3.05) is 7.11 Å². The SMILES string of the molecule is COC(C)CC(N)c1cccc(Cl)c1. The predicted octanol–water partition coefficient (Wildman–Crippen LogP) is 2.76. The van der Waals surface area contributed by atoms with Crippen LogP contribution in [0.25, 0.3) is 0 Å². The van der Waals surface area contributed by atoms with E-state index in [0.717, 1.165) is 17.0 Å². The smallest absolute Gasteiger partial charge is 0.0561 e. The number of methoxy groups -OCH3 is 1. The lowest BCUT2D eigenvalue weighted by atomic mass is 10.0. The summed E-state index contributed by atoms with van der Waals surface area (Å²) >= 11 is 5.87. The minimum Gasteiger partial charge on any atom is -0.382 e. The highest BCUT2D eigenvalue weighted by Gasteiger charge is 2.10. The van der Waals surface area contributed by atoms with Crippen molar-refractivity contribution in [3.05, 3.63) is 34.9 Å². The summed E-state index contributed by atoms with van der Waals surface area (Å²) in [5.74, 6) is 0. The van der Waals surface area contributed by atoms with Gasteiger partial charge < -0.3 is 10.5 Å².